The summed E-state index contributed by atoms with van der Waals surface area (Å²) in [5.74, 6) is 0. The van der Waals surface area contributed by atoms with Gasteiger partial charge in [0.1, 0.15) is 4.47 Å². The average molecular weight is 420 g/mol. The predicted octanol–water partition coefficient (Wildman–Crippen LogP) is 2.29. The maximum absolute atomic E-state index is 11.9. The van der Waals surface area contributed by atoms with Gasteiger partial charge in [-0.25, -0.2) is 4.68 Å². The van der Waals surface area contributed by atoms with E-state index in [1.165, 1.54) is 15.8 Å². The third-order valence-electron chi connectivity index (χ3n) is 4.90. The minimum atomic E-state index is -0.145. The van der Waals surface area contributed by atoms with Crippen LogP contribution in [0.3, 0.4) is 0 Å². The molecule has 1 N–H and O–H groups in total. The zero-order valence-electron chi connectivity index (χ0n) is 15.4. The summed E-state index contributed by atoms with van der Waals surface area (Å²) in [6, 6.07) is 8.68. The van der Waals surface area contributed by atoms with E-state index in [0.29, 0.717) is 16.7 Å². The lowest BCUT2D eigenvalue weighted by atomic mass is 10.1. The molecule has 0 bridgehead atoms. The van der Waals surface area contributed by atoms with E-state index in [4.69, 9.17) is 0 Å². The number of hydrogen-bond acceptors (Lipinski definition) is 5. The van der Waals surface area contributed by atoms with Crippen LogP contribution in [0.15, 0.2) is 39.7 Å². The van der Waals surface area contributed by atoms with Gasteiger partial charge in [0.2, 0.25) is 0 Å². The van der Waals surface area contributed by atoms with Crippen LogP contribution in [0.25, 0.3) is 0 Å². The number of nitrogens with one attached hydrogen (secondary N) is 1. The first-order chi connectivity index (χ1) is 12.6. The first-order valence-corrected chi connectivity index (χ1v) is 9.84. The molecule has 2 aromatic rings. The Hall–Kier alpha value is -1.70. The molecule has 1 aromatic carbocycles. The highest BCUT2D eigenvalue weighted by atomic mass is 79.9. The summed E-state index contributed by atoms with van der Waals surface area (Å²) < 4.78 is 1.82. The third-order valence-corrected chi connectivity index (χ3v) is 5.67. The molecule has 7 heteroatoms. The minimum Gasteiger partial charge on any atom is -0.379 e. The molecule has 140 valence electrons. The summed E-state index contributed by atoms with van der Waals surface area (Å²) in [6.07, 6.45) is 1.66. The second kappa shape index (κ2) is 8.79. The molecule has 1 aliphatic rings. The summed E-state index contributed by atoms with van der Waals surface area (Å²) in [5.41, 5.74) is 3.09. The van der Waals surface area contributed by atoms with Gasteiger partial charge in [0.05, 0.1) is 11.9 Å². The molecule has 0 spiro atoms. The molecule has 2 heterocycles. The molecule has 26 heavy (non-hydrogen) atoms. The molecule has 1 saturated heterocycles. The van der Waals surface area contributed by atoms with Crippen molar-refractivity contribution in [2.45, 2.75) is 20.0 Å². The van der Waals surface area contributed by atoms with Gasteiger partial charge >= 0.3 is 0 Å². The first-order valence-electron chi connectivity index (χ1n) is 9.05. The van der Waals surface area contributed by atoms with Crippen LogP contribution in [-0.2, 0) is 20.1 Å². The zero-order valence-corrected chi connectivity index (χ0v) is 17.0. The number of likely N-dealkylation sites (N-methyl/N-ethyl adjacent to an activating group) is 1. The van der Waals surface area contributed by atoms with Gasteiger partial charge in [-0.3, -0.25) is 9.69 Å². The Labute approximate surface area is 162 Å². The van der Waals surface area contributed by atoms with Gasteiger partial charge in [0.25, 0.3) is 5.56 Å². The number of nitrogens with zero attached hydrogens (tertiary/aromatic N) is 4. The van der Waals surface area contributed by atoms with E-state index in [1.807, 2.05) is 0 Å². The quantitative estimate of drug-likeness (QED) is 0.778. The zero-order chi connectivity index (χ0) is 18.5. The van der Waals surface area contributed by atoms with E-state index in [-0.39, 0.29) is 5.56 Å². The number of hydrogen-bond donors (Lipinski definition) is 1. The molecule has 0 unspecified atom stereocenters. The van der Waals surface area contributed by atoms with Crippen LogP contribution >= 0.6 is 15.9 Å². The lowest BCUT2D eigenvalue weighted by molar-refractivity contribution is 0.132. The van der Waals surface area contributed by atoms with Crippen LogP contribution in [0.1, 0.15) is 18.1 Å². The Bertz CT molecular complexity index is 782. The Kier molecular flexibility index (Phi) is 6.45. The van der Waals surface area contributed by atoms with E-state index in [1.54, 1.807) is 13.2 Å². The Morgan fingerprint density at radius 2 is 1.69 bits per heavy atom. The van der Waals surface area contributed by atoms with Gasteiger partial charge in [-0.2, -0.15) is 5.10 Å². The van der Waals surface area contributed by atoms with Gasteiger partial charge in [0.15, 0.2) is 0 Å². The predicted molar refractivity (Wildman–Crippen MR) is 108 cm³/mol. The summed E-state index contributed by atoms with van der Waals surface area (Å²) in [4.78, 5) is 16.9. The average Bonchev–Trinajstić information content (AvgIpc) is 2.67. The second-order valence-electron chi connectivity index (χ2n) is 6.68. The molecule has 0 radical (unpaired) electrons. The van der Waals surface area contributed by atoms with Crippen molar-refractivity contribution in [3.63, 3.8) is 0 Å². The molecule has 0 atom stereocenters. The monoisotopic (exact) mass is 419 g/mol. The van der Waals surface area contributed by atoms with Crippen molar-refractivity contribution < 1.29 is 0 Å². The number of piperazine rings is 1. The topological polar surface area (TPSA) is 53.4 Å². The van der Waals surface area contributed by atoms with Gasteiger partial charge < -0.3 is 10.2 Å². The number of aromatic nitrogens is 2. The fourth-order valence-corrected chi connectivity index (χ4v) is 3.61. The molecule has 3 rings (SSSR count). The van der Waals surface area contributed by atoms with Gasteiger partial charge in [-0.1, -0.05) is 31.2 Å². The highest BCUT2D eigenvalue weighted by molar-refractivity contribution is 9.10. The summed E-state index contributed by atoms with van der Waals surface area (Å²) >= 11 is 3.34. The van der Waals surface area contributed by atoms with Crippen LogP contribution in [0.4, 0.5) is 5.69 Å². The van der Waals surface area contributed by atoms with Crippen molar-refractivity contribution in [1.82, 2.24) is 19.6 Å². The normalized spacial score (nSPS) is 16.0. The number of benzene rings is 1. The third kappa shape index (κ3) is 4.72. The van der Waals surface area contributed by atoms with Crippen molar-refractivity contribution >= 4 is 21.6 Å². The molecule has 0 amide bonds. The maximum atomic E-state index is 11.9. The standard InChI is InChI=1S/C19H26BrN5O/c1-3-24-8-10-25(11-9-24)14-16-6-4-15(5-7-16)12-21-17-13-22-23(2)19(26)18(17)20/h4-7,13,21H,3,8-12,14H2,1-2H3. The van der Waals surface area contributed by atoms with Gasteiger partial charge in [0, 0.05) is 46.3 Å². The van der Waals surface area contributed by atoms with E-state index in [2.05, 4.69) is 67.3 Å². The largest absolute Gasteiger partial charge is 0.379 e. The molecule has 1 aliphatic heterocycles. The van der Waals surface area contributed by atoms with Crippen LogP contribution in [0.2, 0.25) is 0 Å². The molecular weight excluding hydrogens is 394 g/mol. The van der Waals surface area contributed by atoms with E-state index in [9.17, 15) is 4.79 Å². The van der Waals surface area contributed by atoms with Crippen LogP contribution in [0, 0.1) is 0 Å². The van der Waals surface area contributed by atoms with Crippen LogP contribution < -0.4 is 10.9 Å². The summed E-state index contributed by atoms with van der Waals surface area (Å²) in [7, 11) is 1.64. The summed E-state index contributed by atoms with van der Waals surface area (Å²) in [6.45, 7) is 9.65. The van der Waals surface area contributed by atoms with Crippen LogP contribution in [-0.4, -0.2) is 52.3 Å². The second-order valence-corrected chi connectivity index (χ2v) is 7.47. The highest BCUT2D eigenvalue weighted by Crippen LogP contribution is 2.17. The Morgan fingerprint density at radius 1 is 1.08 bits per heavy atom. The van der Waals surface area contributed by atoms with Gasteiger partial charge in [-0.05, 0) is 33.6 Å². The molecule has 1 aromatic heterocycles. The van der Waals surface area contributed by atoms with Gasteiger partial charge in [-0.15, -0.1) is 0 Å². The van der Waals surface area contributed by atoms with Crippen molar-refractivity contribution in [2.75, 3.05) is 38.0 Å². The molecule has 1 fully saturated rings. The Morgan fingerprint density at radius 3 is 2.35 bits per heavy atom. The number of anilines is 1. The molecule has 6 nitrogen and oxygen atoms in total. The maximum Gasteiger partial charge on any atom is 0.282 e. The molecular formula is C19H26BrN5O. The molecule has 0 saturated carbocycles. The lowest BCUT2D eigenvalue weighted by Crippen LogP contribution is -2.45. The van der Waals surface area contributed by atoms with E-state index < -0.39 is 0 Å². The summed E-state index contributed by atoms with van der Waals surface area (Å²) in [5, 5.41) is 7.32. The van der Waals surface area contributed by atoms with Crippen molar-refractivity contribution in [3.05, 3.63) is 56.4 Å². The fraction of sp³-hybridized carbons (Fsp3) is 0.474. The van der Waals surface area contributed by atoms with E-state index in [0.717, 1.165) is 39.3 Å². The van der Waals surface area contributed by atoms with Crippen LogP contribution in [0.5, 0.6) is 0 Å². The Balaban J connectivity index is 1.53. The lowest BCUT2D eigenvalue weighted by Gasteiger charge is -2.34. The smallest absolute Gasteiger partial charge is 0.282 e. The number of halogens is 1. The van der Waals surface area contributed by atoms with Crippen molar-refractivity contribution in [3.8, 4) is 0 Å². The first kappa shape index (κ1) is 19.1. The fourth-order valence-electron chi connectivity index (χ4n) is 3.12. The minimum absolute atomic E-state index is 0.145. The van der Waals surface area contributed by atoms with Crippen molar-refractivity contribution in [1.29, 1.82) is 0 Å². The van der Waals surface area contributed by atoms with Crippen molar-refractivity contribution in [2.24, 2.45) is 7.05 Å². The number of rotatable bonds is 6. The SMILES string of the molecule is CCN1CCN(Cc2ccc(CNc3cnn(C)c(=O)c3Br)cc2)CC1. The molecule has 0 aliphatic carbocycles. The number of aryl methyl sites for hydroxylation is 1. The van der Waals surface area contributed by atoms with E-state index >= 15 is 0 Å². The highest BCUT2D eigenvalue weighted by Gasteiger charge is 2.15.